The number of carbonyl (C=O) groups excluding carboxylic acids is 1. The largest absolute Gasteiger partial charge is 0.342 e. The SMILES string of the molecule is CCCN(CCc1ccccn1)C(=O)C1CNC1. The third-order valence-corrected chi connectivity index (χ3v) is 3.30. The Balaban J connectivity index is 1.87. The average molecular weight is 247 g/mol. The van der Waals surface area contributed by atoms with E-state index >= 15 is 0 Å². The number of carbonyl (C=O) groups is 1. The zero-order valence-electron chi connectivity index (χ0n) is 10.9. The summed E-state index contributed by atoms with van der Waals surface area (Å²) in [4.78, 5) is 18.5. The van der Waals surface area contributed by atoms with Gasteiger partial charge in [-0.2, -0.15) is 0 Å². The molecule has 1 aromatic heterocycles. The third kappa shape index (κ3) is 3.29. The second-order valence-corrected chi connectivity index (χ2v) is 4.75. The Bertz CT molecular complexity index is 376. The van der Waals surface area contributed by atoms with E-state index in [0.29, 0.717) is 5.91 Å². The van der Waals surface area contributed by atoms with Gasteiger partial charge in [-0.15, -0.1) is 0 Å². The number of rotatable bonds is 6. The van der Waals surface area contributed by atoms with Crippen LogP contribution in [0, 0.1) is 5.92 Å². The van der Waals surface area contributed by atoms with Crippen molar-refractivity contribution in [3.63, 3.8) is 0 Å². The van der Waals surface area contributed by atoms with Crippen LogP contribution in [0.15, 0.2) is 24.4 Å². The highest BCUT2D eigenvalue weighted by molar-refractivity contribution is 5.80. The minimum absolute atomic E-state index is 0.195. The first-order chi connectivity index (χ1) is 8.81. The van der Waals surface area contributed by atoms with Crippen LogP contribution in [-0.4, -0.2) is 42.0 Å². The molecule has 0 aliphatic carbocycles. The second kappa shape index (κ2) is 6.50. The number of aromatic nitrogens is 1. The molecular weight excluding hydrogens is 226 g/mol. The lowest BCUT2D eigenvalue weighted by Gasteiger charge is -2.32. The van der Waals surface area contributed by atoms with Crippen LogP contribution in [0.4, 0.5) is 0 Å². The fourth-order valence-corrected chi connectivity index (χ4v) is 2.12. The summed E-state index contributed by atoms with van der Waals surface area (Å²) in [6.45, 7) is 5.41. The van der Waals surface area contributed by atoms with Crippen molar-refractivity contribution in [2.45, 2.75) is 19.8 Å². The predicted octanol–water partition coefficient (Wildman–Crippen LogP) is 1.08. The zero-order valence-corrected chi connectivity index (χ0v) is 10.9. The molecule has 98 valence electrons. The molecule has 0 unspecified atom stereocenters. The molecule has 0 saturated carbocycles. The van der Waals surface area contributed by atoms with Crippen LogP contribution in [0.25, 0.3) is 0 Å². The molecule has 2 heterocycles. The summed E-state index contributed by atoms with van der Waals surface area (Å²) in [6.07, 6.45) is 3.65. The van der Waals surface area contributed by atoms with E-state index in [9.17, 15) is 4.79 Å². The minimum atomic E-state index is 0.195. The molecule has 1 aliphatic rings. The number of pyridine rings is 1. The van der Waals surface area contributed by atoms with Crippen molar-refractivity contribution in [3.8, 4) is 0 Å². The number of hydrogen-bond donors (Lipinski definition) is 1. The fourth-order valence-electron chi connectivity index (χ4n) is 2.12. The molecule has 0 radical (unpaired) electrons. The molecule has 2 rings (SSSR count). The van der Waals surface area contributed by atoms with Crippen molar-refractivity contribution in [1.82, 2.24) is 15.2 Å². The molecule has 1 saturated heterocycles. The van der Waals surface area contributed by atoms with E-state index in [2.05, 4.69) is 17.2 Å². The predicted molar refractivity (Wildman–Crippen MR) is 71.2 cm³/mol. The zero-order chi connectivity index (χ0) is 12.8. The molecule has 1 aliphatic heterocycles. The van der Waals surface area contributed by atoms with Crippen LogP contribution in [0.2, 0.25) is 0 Å². The molecule has 4 heteroatoms. The molecule has 1 aromatic rings. The normalized spacial score (nSPS) is 15.2. The molecule has 18 heavy (non-hydrogen) atoms. The van der Waals surface area contributed by atoms with Crippen molar-refractivity contribution < 1.29 is 4.79 Å². The molecule has 0 bridgehead atoms. The van der Waals surface area contributed by atoms with E-state index in [-0.39, 0.29) is 5.92 Å². The summed E-state index contributed by atoms with van der Waals surface area (Å²) >= 11 is 0. The van der Waals surface area contributed by atoms with Crippen molar-refractivity contribution in [1.29, 1.82) is 0 Å². The van der Waals surface area contributed by atoms with Gasteiger partial charge in [-0.3, -0.25) is 9.78 Å². The maximum absolute atomic E-state index is 12.2. The topological polar surface area (TPSA) is 45.2 Å². The highest BCUT2D eigenvalue weighted by Gasteiger charge is 2.28. The van der Waals surface area contributed by atoms with E-state index in [4.69, 9.17) is 0 Å². The molecule has 1 amide bonds. The third-order valence-electron chi connectivity index (χ3n) is 3.30. The maximum atomic E-state index is 12.2. The van der Waals surface area contributed by atoms with Gasteiger partial charge in [-0.1, -0.05) is 13.0 Å². The molecule has 0 spiro atoms. The van der Waals surface area contributed by atoms with Crippen LogP contribution in [-0.2, 0) is 11.2 Å². The van der Waals surface area contributed by atoms with Crippen molar-refractivity contribution in [2.24, 2.45) is 5.92 Å². The van der Waals surface area contributed by atoms with Gasteiger partial charge in [0, 0.05) is 44.5 Å². The van der Waals surface area contributed by atoms with Crippen LogP contribution in [0.5, 0.6) is 0 Å². The highest BCUT2D eigenvalue weighted by Crippen LogP contribution is 2.09. The van der Waals surface area contributed by atoms with Crippen molar-refractivity contribution >= 4 is 5.91 Å². The van der Waals surface area contributed by atoms with Crippen LogP contribution in [0.1, 0.15) is 19.0 Å². The van der Waals surface area contributed by atoms with Gasteiger partial charge >= 0.3 is 0 Å². The van der Waals surface area contributed by atoms with E-state index in [1.54, 1.807) is 6.20 Å². The Morgan fingerprint density at radius 2 is 2.28 bits per heavy atom. The standard InChI is InChI=1S/C14H21N3O/c1-2-8-17(14(18)12-10-15-11-12)9-6-13-5-3-4-7-16-13/h3-5,7,12,15H,2,6,8-11H2,1H3. The molecule has 1 fully saturated rings. The molecule has 1 N–H and O–H groups in total. The first-order valence-electron chi connectivity index (χ1n) is 6.70. The molecular formula is C14H21N3O. The summed E-state index contributed by atoms with van der Waals surface area (Å²) in [7, 11) is 0. The van der Waals surface area contributed by atoms with Crippen LogP contribution in [0.3, 0.4) is 0 Å². The first kappa shape index (κ1) is 13.0. The number of amides is 1. The summed E-state index contributed by atoms with van der Waals surface area (Å²) in [5.74, 6) is 0.492. The van der Waals surface area contributed by atoms with Gasteiger partial charge in [0.15, 0.2) is 0 Å². The van der Waals surface area contributed by atoms with E-state index in [0.717, 1.165) is 44.7 Å². The van der Waals surface area contributed by atoms with Gasteiger partial charge in [0.25, 0.3) is 0 Å². The quantitative estimate of drug-likeness (QED) is 0.818. The van der Waals surface area contributed by atoms with Gasteiger partial charge in [0.1, 0.15) is 0 Å². The van der Waals surface area contributed by atoms with Crippen LogP contribution < -0.4 is 5.32 Å². The minimum Gasteiger partial charge on any atom is -0.342 e. The Hall–Kier alpha value is -1.42. The lowest BCUT2D eigenvalue weighted by molar-refractivity contribution is -0.137. The average Bonchev–Trinajstić information content (AvgIpc) is 2.33. The number of nitrogens with one attached hydrogen (secondary N) is 1. The number of hydrogen-bond acceptors (Lipinski definition) is 3. The van der Waals surface area contributed by atoms with E-state index < -0.39 is 0 Å². The van der Waals surface area contributed by atoms with Crippen LogP contribution >= 0.6 is 0 Å². The summed E-state index contributed by atoms with van der Waals surface area (Å²) in [6, 6.07) is 5.92. The fraction of sp³-hybridized carbons (Fsp3) is 0.571. The van der Waals surface area contributed by atoms with E-state index in [1.807, 2.05) is 23.1 Å². The Morgan fingerprint density at radius 3 is 2.83 bits per heavy atom. The Labute approximate surface area is 108 Å². The molecule has 0 aromatic carbocycles. The summed E-state index contributed by atoms with van der Waals surface area (Å²) in [5, 5.41) is 3.15. The van der Waals surface area contributed by atoms with Crippen molar-refractivity contribution in [3.05, 3.63) is 30.1 Å². The van der Waals surface area contributed by atoms with Gasteiger partial charge in [0.05, 0.1) is 5.92 Å². The van der Waals surface area contributed by atoms with Gasteiger partial charge < -0.3 is 10.2 Å². The lowest BCUT2D eigenvalue weighted by Crippen LogP contribution is -2.52. The molecule has 4 nitrogen and oxygen atoms in total. The lowest BCUT2D eigenvalue weighted by atomic mass is 10.0. The van der Waals surface area contributed by atoms with Gasteiger partial charge in [0.2, 0.25) is 5.91 Å². The summed E-state index contributed by atoms with van der Waals surface area (Å²) < 4.78 is 0. The van der Waals surface area contributed by atoms with Gasteiger partial charge in [-0.05, 0) is 18.6 Å². The maximum Gasteiger partial charge on any atom is 0.228 e. The smallest absolute Gasteiger partial charge is 0.228 e. The number of nitrogens with zero attached hydrogens (tertiary/aromatic N) is 2. The first-order valence-corrected chi connectivity index (χ1v) is 6.70. The Kier molecular flexibility index (Phi) is 4.70. The van der Waals surface area contributed by atoms with Gasteiger partial charge in [-0.25, -0.2) is 0 Å². The monoisotopic (exact) mass is 247 g/mol. The molecule has 0 atom stereocenters. The van der Waals surface area contributed by atoms with Crippen molar-refractivity contribution in [2.75, 3.05) is 26.2 Å². The highest BCUT2D eigenvalue weighted by atomic mass is 16.2. The summed E-state index contributed by atoms with van der Waals surface area (Å²) in [5.41, 5.74) is 1.05. The van der Waals surface area contributed by atoms with E-state index in [1.165, 1.54) is 0 Å². The Morgan fingerprint density at radius 1 is 1.44 bits per heavy atom. The second-order valence-electron chi connectivity index (χ2n) is 4.75.